The van der Waals surface area contributed by atoms with Crippen molar-refractivity contribution < 1.29 is 4.79 Å². The van der Waals surface area contributed by atoms with Crippen LogP contribution in [0.5, 0.6) is 0 Å². The van der Waals surface area contributed by atoms with Gasteiger partial charge in [0.25, 0.3) is 5.91 Å². The van der Waals surface area contributed by atoms with Gasteiger partial charge in [-0.3, -0.25) is 4.79 Å². The average molecular weight is 264 g/mol. The molecule has 1 fully saturated rings. The van der Waals surface area contributed by atoms with Crippen LogP contribution in [0.3, 0.4) is 0 Å². The summed E-state index contributed by atoms with van der Waals surface area (Å²) in [7, 11) is 0. The lowest BCUT2D eigenvalue weighted by molar-refractivity contribution is -0.117. The second kappa shape index (κ2) is 7.80. The van der Waals surface area contributed by atoms with Gasteiger partial charge in [-0.2, -0.15) is 5.26 Å². The van der Waals surface area contributed by atoms with Crippen molar-refractivity contribution in [3.63, 3.8) is 0 Å². The predicted molar refractivity (Wildman–Crippen MR) is 75.2 cm³/mol. The molecule has 1 N–H and O–H groups in total. The molecule has 1 heterocycles. The van der Waals surface area contributed by atoms with Gasteiger partial charge >= 0.3 is 0 Å². The molecule has 0 aromatic carbocycles. The first-order valence-electron chi connectivity index (χ1n) is 6.93. The molecule has 0 aliphatic carbocycles. The Labute approximate surface area is 115 Å². The molecule has 1 aliphatic heterocycles. The number of amides is 1. The molecule has 106 valence electrons. The molecule has 5 nitrogen and oxygen atoms in total. The minimum atomic E-state index is -0.269. The fourth-order valence-corrected chi connectivity index (χ4v) is 1.92. The molecule has 0 aromatic heterocycles. The Balaban J connectivity index is 2.53. The van der Waals surface area contributed by atoms with Gasteiger partial charge in [0.2, 0.25) is 0 Å². The Kier molecular flexibility index (Phi) is 6.37. The maximum atomic E-state index is 11.8. The standard InChI is InChI=1S/C14H24N4O/c1-4-17-5-7-18(8-6-17)11-13(9-15)14(19)16-10-12(2)3/h11-12H,4-8,10H2,1-3H3,(H,16,19)/b13-11-. The Morgan fingerprint density at radius 1 is 1.37 bits per heavy atom. The number of hydrogen-bond acceptors (Lipinski definition) is 4. The lowest BCUT2D eigenvalue weighted by Gasteiger charge is -2.33. The summed E-state index contributed by atoms with van der Waals surface area (Å²) in [6.07, 6.45) is 1.70. The van der Waals surface area contributed by atoms with E-state index in [2.05, 4.69) is 22.0 Å². The van der Waals surface area contributed by atoms with Gasteiger partial charge in [-0.25, -0.2) is 0 Å². The maximum absolute atomic E-state index is 11.8. The zero-order valence-corrected chi connectivity index (χ0v) is 12.1. The van der Waals surface area contributed by atoms with Gasteiger partial charge in [0.15, 0.2) is 0 Å². The Morgan fingerprint density at radius 3 is 2.47 bits per heavy atom. The van der Waals surface area contributed by atoms with Gasteiger partial charge in [0, 0.05) is 38.9 Å². The van der Waals surface area contributed by atoms with Crippen molar-refractivity contribution in [1.29, 1.82) is 5.26 Å². The zero-order valence-electron chi connectivity index (χ0n) is 12.1. The third-order valence-corrected chi connectivity index (χ3v) is 3.20. The van der Waals surface area contributed by atoms with E-state index in [1.807, 2.05) is 19.9 Å². The summed E-state index contributed by atoms with van der Waals surface area (Å²) in [5.41, 5.74) is 0.200. The Bertz CT molecular complexity index is 362. The van der Waals surface area contributed by atoms with Crippen LogP contribution in [-0.4, -0.2) is 55.0 Å². The molecular weight excluding hydrogens is 240 g/mol. The zero-order chi connectivity index (χ0) is 14.3. The number of rotatable bonds is 5. The number of piperazine rings is 1. The van der Waals surface area contributed by atoms with Gasteiger partial charge in [0.05, 0.1) is 0 Å². The van der Waals surface area contributed by atoms with Crippen molar-refractivity contribution in [2.24, 2.45) is 5.92 Å². The summed E-state index contributed by atoms with van der Waals surface area (Å²) in [6.45, 7) is 11.6. The molecule has 1 rings (SSSR count). The van der Waals surface area contributed by atoms with Crippen LogP contribution in [-0.2, 0) is 4.79 Å². The van der Waals surface area contributed by atoms with Crippen molar-refractivity contribution in [1.82, 2.24) is 15.1 Å². The average Bonchev–Trinajstić information content (AvgIpc) is 2.42. The lowest BCUT2D eigenvalue weighted by Crippen LogP contribution is -2.44. The lowest BCUT2D eigenvalue weighted by atomic mass is 10.2. The van der Waals surface area contributed by atoms with Crippen molar-refractivity contribution in [3.05, 3.63) is 11.8 Å². The van der Waals surface area contributed by atoms with Gasteiger partial charge in [0.1, 0.15) is 11.6 Å². The molecule has 0 spiro atoms. The van der Waals surface area contributed by atoms with E-state index in [1.165, 1.54) is 0 Å². The summed E-state index contributed by atoms with van der Waals surface area (Å²) < 4.78 is 0. The largest absolute Gasteiger partial charge is 0.374 e. The van der Waals surface area contributed by atoms with E-state index >= 15 is 0 Å². The monoisotopic (exact) mass is 264 g/mol. The van der Waals surface area contributed by atoms with E-state index in [0.717, 1.165) is 32.7 Å². The maximum Gasteiger partial charge on any atom is 0.263 e. The minimum absolute atomic E-state index is 0.200. The molecule has 0 bridgehead atoms. The van der Waals surface area contributed by atoms with E-state index in [1.54, 1.807) is 6.20 Å². The molecule has 0 radical (unpaired) electrons. The van der Waals surface area contributed by atoms with E-state index in [0.29, 0.717) is 12.5 Å². The fraction of sp³-hybridized carbons (Fsp3) is 0.714. The number of nitriles is 1. The molecule has 19 heavy (non-hydrogen) atoms. The molecule has 0 unspecified atom stereocenters. The summed E-state index contributed by atoms with van der Waals surface area (Å²) in [6, 6.07) is 1.99. The van der Waals surface area contributed by atoms with Crippen LogP contribution in [0.25, 0.3) is 0 Å². The van der Waals surface area contributed by atoms with Crippen LogP contribution >= 0.6 is 0 Å². The summed E-state index contributed by atoms with van der Waals surface area (Å²) in [5.74, 6) is 0.117. The first-order valence-corrected chi connectivity index (χ1v) is 6.93. The number of likely N-dealkylation sites (N-methyl/N-ethyl adjacent to an activating group) is 1. The number of carbonyl (C=O) groups excluding carboxylic acids is 1. The van der Waals surface area contributed by atoms with Gasteiger partial charge < -0.3 is 15.1 Å². The predicted octanol–water partition coefficient (Wildman–Crippen LogP) is 0.804. The van der Waals surface area contributed by atoms with Crippen molar-refractivity contribution in [2.75, 3.05) is 39.3 Å². The normalized spacial score (nSPS) is 17.4. The smallest absolute Gasteiger partial charge is 0.263 e. The van der Waals surface area contributed by atoms with Crippen LogP contribution in [0.2, 0.25) is 0 Å². The number of hydrogen-bond donors (Lipinski definition) is 1. The van der Waals surface area contributed by atoms with Gasteiger partial charge in [-0.15, -0.1) is 0 Å². The summed E-state index contributed by atoms with van der Waals surface area (Å²) in [4.78, 5) is 16.2. The van der Waals surface area contributed by atoms with E-state index < -0.39 is 0 Å². The molecule has 1 aliphatic rings. The van der Waals surface area contributed by atoms with Crippen LogP contribution in [0.15, 0.2) is 11.8 Å². The quantitative estimate of drug-likeness (QED) is 0.589. The molecule has 0 saturated carbocycles. The molecule has 5 heteroatoms. The Morgan fingerprint density at radius 2 is 2.00 bits per heavy atom. The van der Waals surface area contributed by atoms with Gasteiger partial charge in [-0.05, 0) is 12.5 Å². The highest BCUT2D eigenvalue weighted by Gasteiger charge is 2.16. The van der Waals surface area contributed by atoms with Crippen LogP contribution in [0, 0.1) is 17.2 Å². The third-order valence-electron chi connectivity index (χ3n) is 3.20. The van der Waals surface area contributed by atoms with Crippen molar-refractivity contribution in [2.45, 2.75) is 20.8 Å². The highest BCUT2D eigenvalue weighted by Crippen LogP contribution is 2.05. The summed E-state index contributed by atoms with van der Waals surface area (Å²) >= 11 is 0. The van der Waals surface area contributed by atoms with Crippen LogP contribution < -0.4 is 5.32 Å². The van der Waals surface area contributed by atoms with Crippen LogP contribution in [0.1, 0.15) is 20.8 Å². The minimum Gasteiger partial charge on any atom is -0.374 e. The van der Waals surface area contributed by atoms with Crippen molar-refractivity contribution in [3.8, 4) is 6.07 Å². The fourth-order valence-electron chi connectivity index (χ4n) is 1.92. The SMILES string of the molecule is CCN1CCN(/C=C(/C#N)C(=O)NCC(C)C)CC1. The molecule has 0 aromatic rings. The summed E-state index contributed by atoms with van der Waals surface area (Å²) in [5, 5.41) is 11.9. The van der Waals surface area contributed by atoms with Crippen molar-refractivity contribution >= 4 is 5.91 Å². The topological polar surface area (TPSA) is 59.4 Å². The molecule has 1 saturated heterocycles. The number of nitrogens with one attached hydrogen (secondary N) is 1. The second-order valence-corrected chi connectivity index (χ2v) is 5.23. The van der Waals surface area contributed by atoms with E-state index in [9.17, 15) is 4.79 Å². The molecule has 0 atom stereocenters. The highest BCUT2D eigenvalue weighted by molar-refractivity contribution is 5.97. The first kappa shape index (κ1) is 15.5. The van der Waals surface area contributed by atoms with Gasteiger partial charge in [-0.1, -0.05) is 20.8 Å². The Hall–Kier alpha value is -1.54. The molecule has 1 amide bonds. The highest BCUT2D eigenvalue weighted by atomic mass is 16.1. The van der Waals surface area contributed by atoms with E-state index in [-0.39, 0.29) is 11.5 Å². The van der Waals surface area contributed by atoms with Crippen LogP contribution in [0.4, 0.5) is 0 Å². The molecular formula is C14H24N4O. The number of nitrogens with zero attached hydrogens (tertiary/aromatic N) is 3. The first-order chi connectivity index (χ1) is 9.06. The second-order valence-electron chi connectivity index (χ2n) is 5.23. The van der Waals surface area contributed by atoms with E-state index in [4.69, 9.17) is 5.26 Å². The third kappa shape index (κ3) is 5.31. The number of carbonyl (C=O) groups is 1.